The van der Waals surface area contributed by atoms with Crippen molar-refractivity contribution in [3.63, 3.8) is 0 Å². The van der Waals surface area contributed by atoms with Crippen LogP contribution < -0.4 is 5.32 Å². The number of rotatable bonds is 6. The predicted octanol–water partition coefficient (Wildman–Crippen LogP) is 4.40. The highest BCUT2D eigenvalue weighted by Crippen LogP contribution is 2.30. The van der Waals surface area contributed by atoms with Gasteiger partial charge >= 0.3 is 0 Å². The highest BCUT2D eigenvalue weighted by molar-refractivity contribution is 5.83. The Morgan fingerprint density at radius 3 is 2.45 bits per heavy atom. The molecule has 2 fully saturated rings. The number of likely N-dealkylation sites (tertiary alicyclic amines) is 1. The topological polar surface area (TPSA) is 90.2 Å². The van der Waals surface area contributed by atoms with Crippen LogP contribution in [0.4, 0.5) is 20.5 Å². The van der Waals surface area contributed by atoms with Crippen LogP contribution in [0.25, 0.3) is 22.3 Å². The first-order chi connectivity index (χ1) is 18.4. The Hall–Kier alpha value is -3.54. The van der Waals surface area contributed by atoms with E-state index in [9.17, 15) is 8.78 Å². The second-order valence-corrected chi connectivity index (χ2v) is 10.0. The van der Waals surface area contributed by atoms with Crippen molar-refractivity contribution in [2.24, 2.45) is 0 Å². The molecule has 198 valence electrons. The lowest BCUT2D eigenvalue weighted by atomic mass is 10.1. The molecular formula is C27H29F2N7O2. The molecule has 2 saturated heterocycles. The number of benzene rings is 1. The van der Waals surface area contributed by atoms with Gasteiger partial charge in [-0.2, -0.15) is 0 Å². The number of aryl methyl sites for hydroxylation is 1. The first-order valence-corrected chi connectivity index (χ1v) is 12.7. The van der Waals surface area contributed by atoms with Crippen LogP contribution in [-0.4, -0.2) is 67.9 Å². The Morgan fingerprint density at radius 1 is 1.00 bits per heavy atom. The normalized spacial score (nSPS) is 19.8. The van der Waals surface area contributed by atoms with E-state index in [1.807, 2.05) is 37.5 Å². The molecule has 0 spiro atoms. The number of ether oxygens (including phenoxy) is 2. The van der Waals surface area contributed by atoms with Crippen molar-refractivity contribution in [1.29, 1.82) is 0 Å². The zero-order valence-corrected chi connectivity index (χ0v) is 21.5. The molecule has 0 amide bonds. The molecule has 0 radical (unpaired) electrons. The van der Waals surface area contributed by atoms with Crippen molar-refractivity contribution in [3.05, 3.63) is 59.7 Å². The summed E-state index contributed by atoms with van der Waals surface area (Å²) in [6, 6.07) is 6.83. The molecule has 0 bridgehead atoms. The fourth-order valence-corrected chi connectivity index (χ4v) is 5.32. The largest absolute Gasteiger partial charge is 0.372 e. The highest BCUT2D eigenvalue weighted by atomic mass is 19.1. The lowest BCUT2D eigenvalue weighted by Gasteiger charge is -2.24. The third-order valence-electron chi connectivity index (χ3n) is 6.97. The number of fused-ring (bicyclic) bond motifs is 2. The van der Waals surface area contributed by atoms with E-state index in [0.717, 1.165) is 31.4 Å². The minimum absolute atomic E-state index is 0.00554. The number of nitrogens with zero attached hydrogens (tertiary/aromatic N) is 6. The maximum atomic E-state index is 15.0. The number of halogens is 2. The van der Waals surface area contributed by atoms with Crippen molar-refractivity contribution in [3.8, 4) is 11.3 Å². The molecular weight excluding hydrogens is 492 g/mol. The molecule has 5 heterocycles. The van der Waals surface area contributed by atoms with E-state index in [1.165, 1.54) is 6.07 Å². The quantitative estimate of drug-likeness (QED) is 0.399. The molecule has 4 aromatic rings. The van der Waals surface area contributed by atoms with Gasteiger partial charge in [0.05, 0.1) is 37.1 Å². The summed E-state index contributed by atoms with van der Waals surface area (Å²) in [5.74, 6) is 0.192. The van der Waals surface area contributed by atoms with Gasteiger partial charge < -0.3 is 19.4 Å². The highest BCUT2D eigenvalue weighted by Gasteiger charge is 2.36. The predicted molar refractivity (Wildman–Crippen MR) is 138 cm³/mol. The summed E-state index contributed by atoms with van der Waals surface area (Å²) in [4.78, 5) is 19.5. The Labute approximate surface area is 218 Å². The number of hydrogen-bond donors (Lipinski definition) is 1. The summed E-state index contributed by atoms with van der Waals surface area (Å²) in [6.45, 7) is 9.51. The molecule has 0 aliphatic carbocycles. The molecule has 1 aromatic carbocycles. The first kappa shape index (κ1) is 24.8. The maximum Gasteiger partial charge on any atom is 0.229 e. The van der Waals surface area contributed by atoms with E-state index in [2.05, 4.69) is 30.2 Å². The van der Waals surface area contributed by atoms with Gasteiger partial charge in [0.15, 0.2) is 11.6 Å². The fourth-order valence-electron chi connectivity index (χ4n) is 5.32. The molecule has 2 atom stereocenters. The summed E-state index contributed by atoms with van der Waals surface area (Å²) >= 11 is 0. The zero-order valence-electron chi connectivity index (χ0n) is 21.5. The zero-order chi connectivity index (χ0) is 26.4. The number of anilines is 2. The number of aromatic nitrogens is 5. The molecule has 11 heteroatoms. The maximum absolute atomic E-state index is 15.0. The third kappa shape index (κ3) is 4.72. The van der Waals surface area contributed by atoms with E-state index < -0.39 is 11.6 Å². The van der Waals surface area contributed by atoms with Crippen LogP contribution in [-0.2, 0) is 16.0 Å². The minimum atomic E-state index is -0.649. The van der Waals surface area contributed by atoms with E-state index in [4.69, 9.17) is 9.47 Å². The standard InChI is InChI=1S/C27H29F2N7O2/c1-15(2)36-16(3)32-26-19(28)8-18(9-21(26)36)25-20(29)11-31-27(34-25)33-24-5-4-17(10-30-24)12-35-13-22-23(14-35)38-7-6-37-22/h4-5,8-11,15,22-23H,6-7,12-14H2,1-3H3,(H,30,31,33,34). The van der Waals surface area contributed by atoms with Gasteiger partial charge in [0, 0.05) is 37.4 Å². The van der Waals surface area contributed by atoms with Crippen molar-refractivity contribution in [2.75, 3.05) is 31.6 Å². The van der Waals surface area contributed by atoms with Crippen LogP contribution in [0, 0.1) is 18.6 Å². The van der Waals surface area contributed by atoms with Gasteiger partial charge in [-0.05, 0) is 44.5 Å². The van der Waals surface area contributed by atoms with Crippen molar-refractivity contribution in [1.82, 2.24) is 29.4 Å². The van der Waals surface area contributed by atoms with Gasteiger partial charge in [0.25, 0.3) is 0 Å². The molecule has 6 rings (SSSR count). The number of hydrogen-bond acceptors (Lipinski definition) is 8. The van der Waals surface area contributed by atoms with E-state index >= 15 is 0 Å². The van der Waals surface area contributed by atoms with Crippen molar-refractivity contribution in [2.45, 2.75) is 45.6 Å². The van der Waals surface area contributed by atoms with Crippen LogP contribution in [0.2, 0.25) is 0 Å². The van der Waals surface area contributed by atoms with Gasteiger partial charge in [0.1, 0.15) is 22.9 Å². The minimum Gasteiger partial charge on any atom is -0.372 e. The monoisotopic (exact) mass is 521 g/mol. The Morgan fingerprint density at radius 2 is 1.76 bits per heavy atom. The SMILES string of the molecule is Cc1nc2c(F)cc(-c3nc(Nc4ccc(CN5CC6OCCOC6C5)cn4)ncc3F)cc2n1C(C)C. The van der Waals surface area contributed by atoms with Crippen LogP contribution in [0.15, 0.2) is 36.7 Å². The molecule has 2 aliphatic heterocycles. The van der Waals surface area contributed by atoms with Crippen molar-refractivity contribution >= 4 is 22.8 Å². The van der Waals surface area contributed by atoms with Gasteiger partial charge in [0.2, 0.25) is 5.95 Å². The fraction of sp³-hybridized carbons (Fsp3) is 0.407. The molecule has 3 aromatic heterocycles. The van der Waals surface area contributed by atoms with Crippen LogP contribution in [0.3, 0.4) is 0 Å². The van der Waals surface area contributed by atoms with Crippen LogP contribution in [0.1, 0.15) is 31.3 Å². The Bertz CT molecular complexity index is 1460. The number of imidazole rings is 1. The summed E-state index contributed by atoms with van der Waals surface area (Å²) < 4.78 is 43.3. The first-order valence-electron chi connectivity index (χ1n) is 12.7. The number of pyridine rings is 1. The van der Waals surface area contributed by atoms with Crippen LogP contribution in [0.5, 0.6) is 0 Å². The third-order valence-corrected chi connectivity index (χ3v) is 6.97. The lowest BCUT2D eigenvalue weighted by molar-refractivity contribution is -0.116. The second-order valence-electron chi connectivity index (χ2n) is 10.0. The Kier molecular flexibility index (Phi) is 6.50. The van der Waals surface area contributed by atoms with Gasteiger partial charge in [-0.25, -0.2) is 28.7 Å². The lowest BCUT2D eigenvalue weighted by Crippen LogP contribution is -2.36. The summed E-state index contributed by atoms with van der Waals surface area (Å²) in [7, 11) is 0. The molecule has 2 unspecified atom stereocenters. The number of nitrogens with one attached hydrogen (secondary N) is 1. The van der Waals surface area contributed by atoms with Crippen molar-refractivity contribution < 1.29 is 18.3 Å². The molecule has 1 N–H and O–H groups in total. The molecule has 38 heavy (non-hydrogen) atoms. The second kappa shape index (κ2) is 9.97. The van der Waals surface area contributed by atoms with E-state index in [0.29, 0.717) is 35.9 Å². The summed E-state index contributed by atoms with van der Waals surface area (Å²) in [5.41, 5.74) is 2.20. The summed E-state index contributed by atoms with van der Waals surface area (Å²) in [6.07, 6.45) is 3.12. The molecule has 2 aliphatic rings. The van der Waals surface area contributed by atoms with Crippen LogP contribution >= 0.6 is 0 Å². The molecule has 0 saturated carbocycles. The molecule has 9 nitrogen and oxygen atoms in total. The Balaban J connectivity index is 1.20. The van der Waals surface area contributed by atoms with Gasteiger partial charge in [-0.1, -0.05) is 6.07 Å². The average Bonchev–Trinajstić information content (AvgIpc) is 3.46. The van der Waals surface area contributed by atoms with E-state index in [-0.39, 0.29) is 35.4 Å². The smallest absolute Gasteiger partial charge is 0.229 e. The van der Waals surface area contributed by atoms with Gasteiger partial charge in [-0.15, -0.1) is 0 Å². The van der Waals surface area contributed by atoms with E-state index in [1.54, 1.807) is 12.3 Å². The van der Waals surface area contributed by atoms with Gasteiger partial charge in [-0.3, -0.25) is 4.90 Å². The average molecular weight is 522 g/mol. The summed E-state index contributed by atoms with van der Waals surface area (Å²) in [5, 5.41) is 3.02.